The van der Waals surface area contributed by atoms with E-state index in [0.29, 0.717) is 42.1 Å². The molecule has 0 atom stereocenters. The van der Waals surface area contributed by atoms with Crippen LogP contribution in [0.1, 0.15) is 53.4 Å². The lowest BCUT2D eigenvalue weighted by molar-refractivity contribution is 0.276. The maximum Gasteiger partial charge on any atom is 0.383 e. The van der Waals surface area contributed by atoms with Gasteiger partial charge in [-0.25, -0.2) is 4.79 Å². The highest BCUT2D eigenvalue weighted by Crippen LogP contribution is 2.34. The minimum absolute atomic E-state index is 0.109. The third-order valence-corrected chi connectivity index (χ3v) is 4.71. The van der Waals surface area contributed by atoms with Crippen LogP contribution in [-0.2, 0) is 0 Å². The molecule has 0 N–H and O–H groups in total. The molecule has 1 aromatic heterocycles. The fraction of sp³-hybridized carbons (Fsp3) is 0.423. The second kappa shape index (κ2) is 12.7. The van der Waals surface area contributed by atoms with Crippen molar-refractivity contribution in [3.05, 3.63) is 64.1 Å². The molecule has 0 saturated heterocycles. The van der Waals surface area contributed by atoms with E-state index in [0.717, 1.165) is 19.3 Å². The normalized spacial score (nSPS) is 11.7. The molecule has 1 aromatic carbocycles. The molecule has 0 unspecified atom stereocenters. The van der Waals surface area contributed by atoms with Gasteiger partial charge in [0.1, 0.15) is 17.9 Å². The molecule has 0 fully saturated rings. The van der Waals surface area contributed by atoms with Crippen LogP contribution in [0.3, 0.4) is 0 Å². The number of hydrogen-bond donors (Lipinski definition) is 0. The van der Waals surface area contributed by atoms with Crippen molar-refractivity contribution < 1.29 is 18.6 Å². The fourth-order valence-electron chi connectivity index (χ4n) is 3.00. The summed E-state index contributed by atoms with van der Waals surface area (Å²) in [5, 5.41) is 0.676. The highest BCUT2D eigenvalue weighted by molar-refractivity contribution is 5.86. The van der Waals surface area contributed by atoms with Crippen LogP contribution in [0.15, 0.2) is 62.9 Å². The molecule has 168 valence electrons. The average Bonchev–Trinajstić information content (AvgIpc) is 2.74. The molecule has 1 heterocycles. The summed E-state index contributed by atoms with van der Waals surface area (Å²) in [5.74, 6) is 1.12. The molecule has 0 aliphatic carbocycles. The third-order valence-electron chi connectivity index (χ3n) is 4.71. The summed E-state index contributed by atoms with van der Waals surface area (Å²) in [5.41, 5.74) is 2.40. The minimum Gasteiger partial charge on any atom is -0.497 e. The van der Waals surface area contributed by atoms with Gasteiger partial charge in [0.05, 0.1) is 19.1 Å². The molecule has 5 nitrogen and oxygen atoms in total. The number of allylic oxidation sites excluding steroid dienone is 4. The van der Waals surface area contributed by atoms with E-state index in [2.05, 4.69) is 39.8 Å². The first-order valence-corrected chi connectivity index (χ1v) is 10.8. The van der Waals surface area contributed by atoms with Gasteiger partial charge in [0, 0.05) is 6.07 Å². The van der Waals surface area contributed by atoms with E-state index in [4.69, 9.17) is 18.6 Å². The van der Waals surface area contributed by atoms with Crippen LogP contribution in [0.2, 0.25) is 0 Å². The van der Waals surface area contributed by atoms with Crippen LogP contribution in [0, 0.1) is 0 Å². The molecule has 0 saturated carbocycles. The smallest absolute Gasteiger partial charge is 0.383 e. The van der Waals surface area contributed by atoms with E-state index in [1.54, 1.807) is 13.2 Å². The number of ether oxygens (including phenoxy) is 3. The SMILES string of the molecule is CC/C=C/CCOc1c(OC/C=C(\C)CCC=C(C)C)c2ccc(OC)cc2oc1=O. The van der Waals surface area contributed by atoms with Crippen molar-refractivity contribution in [2.75, 3.05) is 20.3 Å². The number of benzene rings is 1. The summed E-state index contributed by atoms with van der Waals surface area (Å²) in [7, 11) is 1.57. The minimum atomic E-state index is -0.556. The molecule has 0 bridgehead atoms. The van der Waals surface area contributed by atoms with Crippen molar-refractivity contribution in [2.45, 2.75) is 53.4 Å². The topological polar surface area (TPSA) is 57.9 Å². The Morgan fingerprint density at radius 2 is 1.84 bits per heavy atom. The Morgan fingerprint density at radius 3 is 2.55 bits per heavy atom. The maximum atomic E-state index is 12.6. The molecule has 0 amide bonds. The summed E-state index contributed by atoms with van der Waals surface area (Å²) in [4.78, 5) is 12.6. The van der Waals surface area contributed by atoms with Gasteiger partial charge < -0.3 is 18.6 Å². The molecule has 5 heteroatoms. The highest BCUT2D eigenvalue weighted by atomic mass is 16.5. The quantitative estimate of drug-likeness (QED) is 0.217. The van der Waals surface area contributed by atoms with Crippen molar-refractivity contribution in [3.8, 4) is 17.2 Å². The molecule has 2 aromatic rings. The van der Waals surface area contributed by atoms with Crippen LogP contribution in [0.4, 0.5) is 0 Å². The van der Waals surface area contributed by atoms with Crippen LogP contribution in [0.25, 0.3) is 11.0 Å². The zero-order chi connectivity index (χ0) is 22.6. The van der Waals surface area contributed by atoms with Crippen molar-refractivity contribution in [1.29, 1.82) is 0 Å². The molecule has 0 radical (unpaired) electrons. The van der Waals surface area contributed by atoms with Crippen LogP contribution in [0.5, 0.6) is 17.2 Å². The predicted octanol–water partition coefficient (Wildman–Crippen LogP) is 6.61. The van der Waals surface area contributed by atoms with Gasteiger partial charge >= 0.3 is 5.63 Å². The zero-order valence-corrected chi connectivity index (χ0v) is 19.3. The lowest BCUT2D eigenvalue weighted by Crippen LogP contribution is -2.11. The Balaban J connectivity index is 2.26. The Kier molecular flexibility index (Phi) is 9.95. The average molecular weight is 427 g/mol. The van der Waals surface area contributed by atoms with Gasteiger partial charge in [0.2, 0.25) is 5.75 Å². The number of fused-ring (bicyclic) bond motifs is 1. The van der Waals surface area contributed by atoms with Gasteiger partial charge in [-0.1, -0.05) is 36.3 Å². The molecule has 0 aliphatic heterocycles. The number of hydrogen-bond acceptors (Lipinski definition) is 5. The van der Waals surface area contributed by atoms with Gasteiger partial charge in [0.25, 0.3) is 0 Å². The number of rotatable bonds is 12. The third kappa shape index (κ3) is 7.67. The largest absolute Gasteiger partial charge is 0.497 e. The fourth-order valence-corrected chi connectivity index (χ4v) is 3.00. The van der Waals surface area contributed by atoms with Crippen LogP contribution < -0.4 is 19.8 Å². The number of methoxy groups -OCH3 is 1. The van der Waals surface area contributed by atoms with Crippen molar-refractivity contribution in [2.24, 2.45) is 0 Å². The molecule has 2 rings (SSSR count). The van der Waals surface area contributed by atoms with E-state index in [9.17, 15) is 4.79 Å². The monoisotopic (exact) mass is 426 g/mol. The Morgan fingerprint density at radius 1 is 1.03 bits per heavy atom. The second-order valence-electron chi connectivity index (χ2n) is 7.61. The van der Waals surface area contributed by atoms with Gasteiger partial charge in [0.15, 0.2) is 5.75 Å². The Bertz CT molecular complexity index is 991. The van der Waals surface area contributed by atoms with E-state index in [1.807, 2.05) is 24.3 Å². The van der Waals surface area contributed by atoms with Gasteiger partial charge in [-0.3, -0.25) is 0 Å². The van der Waals surface area contributed by atoms with Gasteiger partial charge in [-0.2, -0.15) is 0 Å². The highest BCUT2D eigenvalue weighted by Gasteiger charge is 2.18. The summed E-state index contributed by atoms with van der Waals surface area (Å²) in [6.45, 7) is 9.08. The standard InChI is InChI=1S/C26H34O5/c1-6-7-8-9-16-29-25-24(30-17-15-20(4)12-10-11-19(2)3)22-14-13-21(28-5)18-23(22)31-26(25)27/h7-8,11,13-15,18H,6,9-10,12,16-17H2,1-5H3/b8-7+,20-15+. The summed E-state index contributed by atoms with van der Waals surface area (Å²) in [6, 6.07) is 5.31. The Hall–Kier alpha value is -2.95. The summed E-state index contributed by atoms with van der Waals surface area (Å²) >= 11 is 0. The van der Waals surface area contributed by atoms with E-state index >= 15 is 0 Å². The predicted molar refractivity (Wildman–Crippen MR) is 126 cm³/mol. The maximum absolute atomic E-state index is 12.6. The lowest BCUT2D eigenvalue weighted by atomic mass is 10.1. The van der Waals surface area contributed by atoms with Gasteiger partial charge in [-0.15, -0.1) is 0 Å². The van der Waals surface area contributed by atoms with Crippen molar-refractivity contribution >= 4 is 11.0 Å². The van der Waals surface area contributed by atoms with Crippen LogP contribution in [-0.4, -0.2) is 20.3 Å². The molecular weight excluding hydrogens is 392 g/mol. The van der Waals surface area contributed by atoms with E-state index in [-0.39, 0.29) is 5.75 Å². The second-order valence-corrected chi connectivity index (χ2v) is 7.61. The molecule has 31 heavy (non-hydrogen) atoms. The molecule has 0 aliphatic rings. The van der Waals surface area contributed by atoms with Crippen molar-refractivity contribution in [3.63, 3.8) is 0 Å². The summed E-state index contributed by atoms with van der Waals surface area (Å²) < 4.78 is 22.6. The first-order valence-electron chi connectivity index (χ1n) is 10.8. The van der Waals surface area contributed by atoms with Crippen LogP contribution >= 0.6 is 0 Å². The molecule has 0 spiro atoms. The zero-order valence-electron chi connectivity index (χ0n) is 19.3. The lowest BCUT2D eigenvalue weighted by Gasteiger charge is -2.13. The van der Waals surface area contributed by atoms with Crippen molar-refractivity contribution in [1.82, 2.24) is 0 Å². The molecular formula is C26H34O5. The van der Waals surface area contributed by atoms with Gasteiger partial charge in [-0.05, 0) is 64.7 Å². The van der Waals surface area contributed by atoms with E-state index in [1.165, 1.54) is 11.1 Å². The first-order chi connectivity index (χ1) is 15.0. The summed E-state index contributed by atoms with van der Waals surface area (Å²) in [6.07, 6.45) is 12.0. The Labute approximate surface area is 185 Å². The van der Waals surface area contributed by atoms with E-state index < -0.39 is 5.63 Å². The first kappa shape index (κ1) is 24.3.